The summed E-state index contributed by atoms with van der Waals surface area (Å²) in [6, 6.07) is 1.93. The molecular formula is C23H31F3N4O2. The standard InChI is InChI=1S/C23H31F3N4O2/c1-13-9-10-29(22(31)32-4)12-18(13)21-14(2)15(3)27-20-11-19(28-30(20)21)16-5-7-17(8-6-16)23(24,25)26/h11,13,16-18H,5-10,12H2,1-4H3/t13-,16?,17?,18+/m1/s1. The second-order valence-electron chi connectivity index (χ2n) is 9.43. The number of halogens is 3. The van der Waals surface area contributed by atoms with Crippen LogP contribution in [0.15, 0.2) is 6.07 Å². The van der Waals surface area contributed by atoms with Gasteiger partial charge in [0.05, 0.1) is 24.4 Å². The van der Waals surface area contributed by atoms with Crippen LogP contribution in [0.2, 0.25) is 0 Å². The van der Waals surface area contributed by atoms with Crippen molar-refractivity contribution in [1.82, 2.24) is 19.5 Å². The van der Waals surface area contributed by atoms with E-state index in [0.717, 1.165) is 34.7 Å². The fourth-order valence-corrected chi connectivity index (χ4v) is 5.32. The van der Waals surface area contributed by atoms with Crippen LogP contribution < -0.4 is 0 Å². The summed E-state index contributed by atoms with van der Waals surface area (Å²) < 4.78 is 46.0. The van der Waals surface area contributed by atoms with Gasteiger partial charge in [-0.3, -0.25) is 0 Å². The molecule has 2 aliphatic rings. The highest BCUT2D eigenvalue weighted by Gasteiger charge is 2.42. The summed E-state index contributed by atoms with van der Waals surface area (Å²) in [5.41, 5.74) is 4.51. The summed E-state index contributed by atoms with van der Waals surface area (Å²) in [6.07, 6.45) is -2.33. The predicted octanol–water partition coefficient (Wildman–Crippen LogP) is 5.37. The molecule has 0 spiro atoms. The zero-order valence-electron chi connectivity index (χ0n) is 19.1. The van der Waals surface area contributed by atoms with Crippen molar-refractivity contribution in [2.45, 2.75) is 70.9 Å². The second-order valence-corrected chi connectivity index (χ2v) is 9.43. The van der Waals surface area contributed by atoms with Crippen molar-refractivity contribution < 1.29 is 22.7 Å². The molecule has 0 unspecified atom stereocenters. The number of likely N-dealkylation sites (tertiary alicyclic amines) is 1. The SMILES string of the molecule is COC(=O)N1CC[C@@H](C)[C@@H](c2c(C)c(C)nc3cc(C4CCC(C(F)(F)F)CC4)nn23)C1. The van der Waals surface area contributed by atoms with Gasteiger partial charge < -0.3 is 9.64 Å². The lowest BCUT2D eigenvalue weighted by Crippen LogP contribution is -2.42. The summed E-state index contributed by atoms with van der Waals surface area (Å²) in [5, 5.41) is 4.86. The minimum Gasteiger partial charge on any atom is -0.453 e. The van der Waals surface area contributed by atoms with Crippen LogP contribution in [0.3, 0.4) is 0 Å². The van der Waals surface area contributed by atoms with Crippen LogP contribution in [0.1, 0.15) is 73.5 Å². The number of aromatic nitrogens is 3. The first-order valence-electron chi connectivity index (χ1n) is 11.4. The van der Waals surface area contributed by atoms with Gasteiger partial charge in [0, 0.05) is 36.7 Å². The number of methoxy groups -OCH3 is 1. The molecule has 0 aromatic carbocycles. The van der Waals surface area contributed by atoms with E-state index < -0.39 is 12.1 Å². The largest absolute Gasteiger partial charge is 0.453 e. The Morgan fingerprint density at radius 2 is 1.84 bits per heavy atom. The first-order valence-corrected chi connectivity index (χ1v) is 11.4. The van der Waals surface area contributed by atoms with Gasteiger partial charge in [-0.1, -0.05) is 6.92 Å². The smallest absolute Gasteiger partial charge is 0.409 e. The van der Waals surface area contributed by atoms with E-state index in [2.05, 4.69) is 6.92 Å². The zero-order valence-corrected chi connectivity index (χ0v) is 19.1. The number of hydrogen-bond donors (Lipinski definition) is 0. The molecule has 32 heavy (non-hydrogen) atoms. The molecule has 2 fully saturated rings. The van der Waals surface area contributed by atoms with Crippen LogP contribution in [-0.2, 0) is 4.74 Å². The maximum Gasteiger partial charge on any atom is 0.409 e. The summed E-state index contributed by atoms with van der Waals surface area (Å²) in [7, 11) is 1.39. The number of ether oxygens (including phenoxy) is 1. The fraction of sp³-hybridized carbons (Fsp3) is 0.696. The summed E-state index contributed by atoms with van der Waals surface area (Å²) >= 11 is 0. The Bertz CT molecular complexity index is 995. The summed E-state index contributed by atoms with van der Waals surface area (Å²) in [6.45, 7) is 7.37. The van der Waals surface area contributed by atoms with Gasteiger partial charge in [0.15, 0.2) is 5.65 Å². The van der Waals surface area contributed by atoms with E-state index in [1.54, 1.807) is 4.90 Å². The van der Waals surface area contributed by atoms with E-state index >= 15 is 0 Å². The van der Waals surface area contributed by atoms with Gasteiger partial charge >= 0.3 is 12.3 Å². The average molecular weight is 453 g/mol. The summed E-state index contributed by atoms with van der Waals surface area (Å²) in [4.78, 5) is 18.6. The van der Waals surface area contributed by atoms with E-state index in [-0.39, 0.29) is 30.8 Å². The molecule has 2 aromatic rings. The lowest BCUT2D eigenvalue weighted by Gasteiger charge is -2.37. The van der Waals surface area contributed by atoms with Gasteiger partial charge in [0.1, 0.15) is 0 Å². The molecule has 6 nitrogen and oxygen atoms in total. The Morgan fingerprint density at radius 1 is 1.16 bits per heavy atom. The number of amides is 1. The minimum absolute atomic E-state index is 0.0131. The molecule has 4 rings (SSSR count). The maximum atomic E-state index is 13.1. The molecular weight excluding hydrogens is 421 g/mol. The van der Waals surface area contributed by atoms with E-state index in [1.807, 2.05) is 24.4 Å². The highest BCUT2D eigenvalue weighted by molar-refractivity contribution is 5.67. The molecule has 0 bridgehead atoms. The number of rotatable bonds is 2. The van der Waals surface area contributed by atoms with Crippen molar-refractivity contribution in [2.75, 3.05) is 20.2 Å². The Balaban J connectivity index is 1.67. The number of carbonyl (C=O) groups excluding carboxylic acids is 1. The van der Waals surface area contributed by atoms with Crippen LogP contribution >= 0.6 is 0 Å². The Hall–Kier alpha value is -2.32. The molecule has 1 saturated heterocycles. The van der Waals surface area contributed by atoms with Crippen LogP contribution in [0, 0.1) is 25.7 Å². The van der Waals surface area contributed by atoms with E-state index in [4.69, 9.17) is 14.8 Å². The third-order valence-corrected chi connectivity index (χ3v) is 7.50. The van der Waals surface area contributed by atoms with Crippen LogP contribution in [0.25, 0.3) is 5.65 Å². The van der Waals surface area contributed by atoms with Crippen molar-refractivity contribution in [3.63, 3.8) is 0 Å². The number of hydrogen-bond acceptors (Lipinski definition) is 4. The van der Waals surface area contributed by atoms with Crippen LogP contribution in [0.4, 0.5) is 18.0 Å². The number of piperidine rings is 1. The highest BCUT2D eigenvalue weighted by atomic mass is 19.4. The van der Waals surface area contributed by atoms with Crippen LogP contribution in [0.5, 0.6) is 0 Å². The number of aryl methyl sites for hydroxylation is 1. The first kappa shape index (κ1) is 22.9. The molecule has 1 aliphatic carbocycles. The molecule has 2 atom stereocenters. The van der Waals surface area contributed by atoms with Crippen molar-refractivity contribution in [2.24, 2.45) is 11.8 Å². The van der Waals surface area contributed by atoms with E-state index in [9.17, 15) is 18.0 Å². The number of alkyl halides is 3. The molecule has 1 saturated carbocycles. The van der Waals surface area contributed by atoms with Crippen LogP contribution in [-0.4, -0.2) is 52.0 Å². The molecule has 2 aromatic heterocycles. The monoisotopic (exact) mass is 452 g/mol. The van der Waals surface area contributed by atoms with Gasteiger partial charge in [0.25, 0.3) is 0 Å². The third kappa shape index (κ3) is 4.18. The molecule has 3 heterocycles. The lowest BCUT2D eigenvalue weighted by atomic mass is 9.80. The minimum atomic E-state index is -4.12. The van der Waals surface area contributed by atoms with Gasteiger partial charge in [-0.25, -0.2) is 14.3 Å². The zero-order chi connectivity index (χ0) is 23.2. The molecule has 9 heteroatoms. The number of fused-ring (bicyclic) bond motifs is 1. The lowest BCUT2D eigenvalue weighted by molar-refractivity contribution is -0.182. The highest BCUT2D eigenvalue weighted by Crippen LogP contribution is 2.43. The van der Waals surface area contributed by atoms with Gasteiger partial charge in [0.2, 0.25) is 0 Å². The van der Waals surface area contributed by atoms with Gasteiger partial charge in [-0.2, -0.15) is 18.3 Å². The summed E-state index contributed by atoms with van der Waals surface area (Å²) in [5.74, 6) is -0.782. The van der Waals surface area contributed by atoms with Crippen molar-refractivity contribution in [3.8, 4) is 0 Å². The van der Waals surface area contributed by atoms with Crippen molar-refractivity contribution in [3.05, 3.63) is 28.7 Å². The third-order valence-electron chi connectivity index (χ3n) is 7.50. The Morgan fingerprint density at radius 3 is 2.47 bits per heavy atom. The van der Waals surface area contributed by atoms with Gasteiger partial charge in [-0.15, -0.1) is 0 Å². The molecule has 0 radical (unpaired) electrons. The molecule has 0 N–H and O–H groups in total. The van der Waals surface area contributed by atoms with E-state index in [0.29, 0.717) is 31.8 Å². The maximum absolute atomic E-state index is 13.1. The first-order chi connectivity index (χ1) is 15.1. The molecule has 1 aliphatic heterocycles. The van der Waals surface area contributed by atoms with E-state index in [1.165, 1.54) is 7.11 Å². The number of nitrogens with zero attached hydrogens (tertiary/aromatic N) is 4. The Labute approximate surface area is 186 Å². The van der Waals surface area contributed by atoms with Crippen molar-refractivity contribution >= 4 is 11.7 Å². The van der Waals surface area contributed by atoms with Gasteiger partial charge in [-0.05, 0) is 57.4 Å². The second kappa shape index (κ2) is 8.56. The topological polar surface area (TPSA) is 59.7 Å². The number of carbonyl (C=O) groups is 1. The van der Waals surface area contributed by atoms with Crippen molar-refractivity contribution in [1.29, 1.82) is 0 Å². The predicted molar refractivity (Wildman–Crippen MR) is 114 cm³/mol. The normalized spacial score (nSPS) is 27.0. The fourth-order valence-electron chi connectivity index (χ4n) is 5.32. The molecule has 176 valence electrons. The molecule has 1 amide bonds. The Kier molecular flexibility index (Phi) is 6.11. The quantitative estimate of drug-likeness (QED) is 0.614. The average Bonchev–Trinajstić information content (AvgIpc) is 3.17.